The first-order valence-electron chi connectivity index (χ1n) is 8.83. The van der Waals surface area contributed by atoms with E-state index in [1.54, 1.807) is 6.92 Å². The normalized spacial score (nSPS) is 26.1. The van der Waals surface area contributed by atoms with Gasteiger partial charge in [0.2, 0.25) is 5.78 Å². The van der Waals surface area contributed by atoms with Gasteiger partial charge in [-0.05, 0) is 58.4 Å². The first-order valence-corrected chi connectivity index (χ1v) is 8.83. The summed E-state index contributed by atoms with van der Waals surface area (Å²) in [5.74, 6) is 1.48. The minimum absolute atomic E-state index is 0.0154. The summed E-state index contributed by atoms with van der Waals surface area (Å²) >= 11 is 0. The Morgan fingerprint density at radius 2 is 1.87 bits per heavy atom. The quantitative estimate of drug-likeness (QED) is 0.820. The SMILES string of the molecule is CC(=O)c1c(C)[nH]c(C(=O)[C@@H](C)[NH2+][C@H]2CCC[C@H](C)[C@@H]2C)c1C. The number of carbonyl (C=O) groups is 2. The Morgan fingerprint density at radius 3 is 2.43 bits per heavy atom. The van der Waals surface area contributed by atoms with Gasteiger partial charge in [0.25, 0.3) is 0 Å². The van der Waals surface area contributed by atoms with Gasteiger partial charge in [-0.1, -0.05) is 13.8 Å². The highest BCUT2D eigenvalue weighted by atomic mass is 16.1. The van der Waals surface area contributed by atoms with Crippen LogP contribution >= 0.6 is 0 Å². The van der Waals surface area contributed by atoms with Crippen LogP contribution in [0.4, 0.5) is 0 Å². The Bertz CT molecular complexity index is 603. The van der Waals surface area contributed by atoms with Crippen LogP contribution in [0, 0.1) is 25.7 Å². The molecule has 1 aliphatic rings. The standard InChI is InChI=1S/C19H30N2O2/c1-10-8-7-9-16(11(10)2)20-14(5)19(23)18-12(3)17(15(6)22)13(4)21-18/h10-11,14,16,20-21H,7-9H2,1-6H3/p+1/t10-,11-,14+,16-/m0/s1. The van der Waals surface area contributed by atoms with E-state index in [9.17, 15) is 9.59 Å². The fourth-order valence-electron chi connectivity index (χ4n) is 4.11. The predicted molar refractivity (Wildman–Crippen MR) is 92.0 cm³/mol. The molecule has 0 radical (unpaired) electrons. The summed E-state index contributed by atoms with van der Waals surface area (Å²) in [4.78, 5) is 27.7. The number of aryl methyl sites for hydroxylation is 1. The van der Waals surface area contributed by atoms with Crippen molar-refractivity contribution in [2.24, 2.45) is 11.8 Å². The van der Waals surface area contributed by atoms with E-state index in [1.807, 2.05) is 20.8 Å². The second-order valence-corrected chi connectivity index (χ2v) is 7.46. The second kappa shape index (κ2) is 7.00. The zero-order valence-corrected chi connectivity index (χ0v) is 15.3. The highest BCUT2D eigenvalue weighted by molar-refractivity contribution is 6.04. The fourth-order valence-corrected chi connectivity index (χ4v) is 4.11. The topological polar surface area (TPSA) is 66.5 Å². The number of quaternary nitrogens is 1. The van der Waals surface area contributed by atoms with Crippen molar-refractivity contribution < 1.29 is 14.9 Å². The second-order valence-electron chi connectivity index (χ2n) is 7.46. The monoisotopic (exact) mass is 319 g/mol. The molecule has 1 fully saturated rings. The smallest absolute Gasteiger partial charge is 0.235 e. The van der Waals surface area contributed by atoms with E-state index in [0.29, 0.717) is 23.2 Å². The van der Waals surface area contributed by atoms with Crippen LogP contribution in [0.15, 0.2) is 0 Å². The number of hydrogen-bond acceptors (Lipinski definition) is 2. The largest absolute Gasteiger partial charge is 0.355 e. The van der Waals surface area contributed by atoms with Gasteiger partial charge in [0.05, 0.1) is 11.7 Å². The summed E-state index contributed by atoms with van der Waals surface area (Å²) < 4.78 is 0. The Balaban J connectivity index is 2.14. The summed E-state index contributed by atoms with van der Waals surface area (Å²) in [6.07, 6.45) is 3.73. The molecule has 0 bridgehead atoms. The summed E-state index contributed by atoms with van der Waals surface area (Å²) in [7, 11) is 0. The Hall–Kier alpha value is -1.42. The van der Waals surface area contributed by atoms with E-state index >= 15 is 0 Å². The summed E-state index contributed by atoms with van der Waals surface area (Å²) in [5, 5.41) is 2.24. The highest BCUT2D eigenvalue weighted by Gasteiger charge is 2.33. The molecule has 0 unspecified atom stereocenters. The van der Waals surface area contributed by atoms with Gasteiger partial charge in [-0.3, -0.25) is 9.59 Å². The van der Waals surface area contributed by atoms with E-state index in [0.717, 1.165) is 17.2 Å². The van der Waals surface area contributed by atoms with Crippen LogP contribution in [0.5, 0.6) is 0 Å². The molecule has 1 aromatic rings. The Morgan fingerprint density at radius 1 is 1.22 bits per heavy atom. The number of carbonyl (C=O) groups excluding carboxylic acids is 2. The molecule has 1 aliphatic carbocycles. The lowest BCUT2D eigenvalue weighted by atomic mass is 9.77. The van der Waals surface area contributed by atoms with Crippen LogP contribution < -0.4 is 5.32 Å². The molecule has 0 spiro atoms. The first kappa shape index (κ1) is 17.9. The van der Waals surface area contributed by atoms with Crippen LogP contribution in [0.1, 0.15) is 79.1 Å². The number of nitrogens with one attached hydrogen (secondary N) is 1. The van der Waals surface area contributed by atoms with Crippen LogP contribution in [-0.4, -0.2) is 28.6 Å². The maximum absolute atomic E-state index is 12.8. The number of H-pyrrole nitrogens is 1. The molecule has 1 aromatic heterocycles. The molecule has 0 saturated heterocycles. The molecule has 4 atom stereocenters. The van der Waals surface area contributed by atoms with Gasteiger partial charge >= 0.3 is 0 Å². The van der Waals surface area contributed by atoms with Crippen molar-refractivity contribution in [3.05, 3.63) is 22.5 Å². The van der Waals surface area contributed by atoms with Gasteiger partial charge in [0, 0.05) is 17.2 Å². The number of Topliss-reactive ketones (excluding diaryl/α,β-unsaturated/α-hetero) is 2. The third-order valence-electron chi connectivity index (χ3n) is 5.76. The fraction of sp³-hybridized carbons (Fsp3) is 0.684. The third kappa shape index (κ3) is 3.57. The zero-order valence-electron chi connectivity index (χ0n) is 15.3. The van der Waals surface area contributed by atoms with E-state index in [2.05, 4.69) is 24.1 Å². The molecule has 4 heteroatoms. The zero-order chi connectivity index (χ0) is 17.3. The number of ketones is 2. The summed E-state index contributed by atoms with van der Waals surface area (Å²) in [6.45, 7) is 11.9. The molecule has 0 aromatic carbocycles. The van der Waals surface area contributed by atoms with Crippen LogP contribution in [-0.2, 0) is 0 Å². The number of nitrogens with two attached hydrogens (primary N) is 1. The van der Waals surface area contributed by atoms with Crippen LogP contribution in [0.2, 0.25) is 0 Å². The maximum atomic E-state index is 12.8. The van der Waals surface area contributed by atoms with E-state index < -0.39 is 0 Å². The van der Waals surface area contributed by atoms with E-state index in [-0.39, 0.29) is 17.6 Å². The molecular weight excluding hydrogens is 288 g/mol. The molecule has 2 rings (SSSR count). The first-order chi connectivity index (χ1) is 10.7. The average molecular weight is 319 g/mol. The summed E-state index contributed by atoms with van der Waals surface area (Å²) in [5.41, 5.74) is 2.86. The lowest BCUT2D eigenvalue weighted by molar-refractivity contribution is -0.714. The molecule has 1 saturated carbocycles. The van der Waals surface area contributed by atoms with Crippen molar-refractivity contribution in [1.29, 1.82) is 0 Å². The molecule has 4 nitrogen and oxygen atoms in total. The van der Waals surface area contributed by atoms with Gasteiger partial charge in [0.1, 0.15) is 6.04 Å². The van der Waals surface area contributed by atoms with Crippen molar-refractivity contribution in [3.8, 4) is 0 Å². The van der Waals surface area contributed by atoms with Crippen molar-refractivity contribution in [2.75, 3.05) is 0 Å². The Kier molecular flexibility index (Phi) is 5.45. The average Bonchev–Trinajstić information content (AvgIpc) is 2.78. The molecule has 23 heavy (non-hydrogen) atoms. The number of hydrogen-bond donors (Lipinski definition) is 2. The van der Waals surface area contributed by atoms with E-state index in [1.165, 1.54) is 19.3 Å². The van der Waals surface area contributed by atoms with Crippen molar-refractivity contribution >= 4 is 11.6 Å². The maximum Gasteiger partial charge on any atom is 0.235 e. The van der Waals surface area contributed by atoms with Gasteiger partial charge in [-0.15, -0.1) is 0 Å². The van der Waals surface area contributed by atoms with E-state index in [4.69, 9.17) is 0 Å². The third-order valence-corrected chi connectivity index (χ3v) is 5.76. The van der Waals surface area contributed by atoms with Crippen molar-refractivity contribution in [1.82, 2.24) is 4.98 Å². The van der Waals surface area contributed by atoms with Gasteiger partial charge in [-0.25, -0.2) is 0 Å². The Labute approximate surface area is 139 Å². The number of aromatic amines is 1. The van der Waals surface area contributed by atoms with Crippen molar-refractivity contribution in [3.63, 3.8) is 0 Å². The van der Waals surface area contributed by atoms with Gasteiger partial charge in [0.15, 0.2) is 5.78 Å². The highest BCUT2D eigenvalue weighted by Crippen LogP contribution is 2.27. The van der Waals surface area contributed by atoms with Crippen LogP contribution in [0.3, 0.4) is 0 Å². The lowest BCUT2D eigenvalue weighted by Crippen LogP contribution is -2.97. The van der Waals surface area contributed by atoms with Crippen molar-refractivity contribution in [2.45, 2.75) is 72.9 Å². The molecule has 0 amide bonds. The van der Waals surface area contributed by atoms with Gasteiger partial charge in [-0.2, -0.15) is 0 Å². The molecule has 0 aliphatic heterocycles. The minimum Gasteiger partial charge on any atom is -0.355 e. The molecule has 128 valence electrons. The lowest BCUT2D eigenvalue weighted by Gasteiger charge is -2.33. The van der Waals surface area contributed by atoms with Gasteiger partial charge < -0.3 is 10.3 Å². The number of aromatic nitrogens is 1. The summed E-state index contributed by atoms with van der Waals surface area (Å²) in [6, 6.07) is 0.394. The van der Waals surface area contributed by atoms with Crippen LogP contribution in [0.25, 0.3) is 0 Å². The predicted octanol–water partition coefficient (Wildman–Crippen LogP) is 2.79. The minimum atomic E-state index is -0.121. The number of rotatable bonds is 5. The molecule has 3 N–H and O–H groups in total. The molecule has 1 heterocycles. The molecular formula is C19H31N2O2+.